The first-order valence-corrected chi connectivity index (χ1v) is 11.9. The molecule has 4 saturated carbocycles. The summed E-state index contributed by atoms with van der Waals surface area (Å²) in [6.07, 6.45) is 10.0. The van der Waals surface area contributed by atoms with Crippen LogP contribution >= 0.6 is 0 Å². The van der Waals surface area contributed by atoms with Gasteiger partial charge in [-0.15, -0.1) is 0 Å². The second kappa shape index (κ2) is 7.06. The molecule has 0 saturated heterocycles. The predicted octanol–water partition coefficient (Wildman–Crippen LogP) is 3.64. The number of aliphatic hydroxyl groups excluding tert-OH is 1. The standard InChI is InChI=1S/C24H42N2O2/c1-4-17-21(28)20-18-8-7-15(6-5-13-25)22(18,2)11-10-19(20)23(3)12-9-16(27)14-24(17,23)26/h15-20,27H,4-14,25-26H2,1-3H3/t15-,16+,17-,18?,19?,20?,22?,23?,24?/m0/s1. The van der Waals surface area contributed by atoms with E-state index in [1.54, 1.807) is 0 Å². The van der Waals surface area contributed by atoms with Crippen molar-refractivity contribution in [2.24, 2.45) is 51.9 Å². The van der Waals surface area contributed by atoms with Crippen molar-refractivity contribution in [3.8, 4) is 0 Å². The fraction of sp³-hybridized carbons (Fsp3) is 0.958. The Kier molecular flexibility index (Phi) is 5.25. The first-order chi connectivity index (χ1) is 13.2. The average molecular weight is 391 g/mol. The summed E-state index contributed by atoms with van der Waals surface area (Å²) in [5.41, 5.74) is 12.7. The SMILES string of the molecule is CC[C@H]1C(=O)C2C3CC[C@H](CCCN)C3(C)CCC2C2(C)CC[C@@H](O)CC12N. The maximum Gasteiger partial charge on any atom is 0.141 e. The highest BCUT2D eigenvalue weighted by atomic mass is 16.3. The molecule has 0 amide bonds. The normalized spacial score (nSPS) is 53.4. The Morgan fingerprint density at radius 3 is 2.54 bits per heavy atom. The first kappa shape index (κ1) is 20.8. The van der Waals surface area contributed by atoms with Crippen LogP contribution in [0.2, 0.25) is 0 Å². The van der Waals surface area contributed by atoms with E-state index in [0.717, 1.165) is 44.6 Å². The molecule has 4 heteroatoms. The van der Waals surface area contributed by atoms with Crippen molar-refractivity contribution in [3.05, 3.63) is 0 Å². The molecule has 0 radical (unpaired) electrons. The lowest BCUT2D eigenvalue weighted by molar-refractivity contribution is -0.178. The summed E-state index contributed by atoms with van der Waals surface area (Å²) in [7, 11) is 0. The van der Waals surface area contributed by atoms with Crippen molar-refractivity contribution in [3.63, 3.8) is 0 Å². The summed E-state index contributed by atoms with van der Waals surface area (Å²) in [5.74, 6) is 2.16. The van der Waals surface area contributed by atoms with Crippen LogP contribution in [-0.2, 0) is 4.79 Å². The molecule has 0 spiro atoms. The topological polar surface area (TPSA) is 89.3 Å². The van der Waals surface area contributed by atoms with Gasteiger partial charge in [0.2, 0.25) is 0 Å². The minimum atomic E-state index is -0.539. The Morgan fingerprint density at radius 2 is 1.86 bits per heavy atom. The number of Topliss-reactive ketones (excluding diaryl/α,β-unsaturated/α-hetero) is 1. The van der Waals surface area contributed by atoms with Crippen molar-refractivity contribution in [1.29, 1.82) is 0 Å². The Bertz CT molecular complexity index is 624. The van der Waals surface area contributed by atoms with Crippen LogP contribution in [0.3, 0.4) is 0 Å². The van der Waals surface area contributed by atoms with E-state index < -0.39 is 5.54 Å². The fourth-order valence-corrected chi connectivity index (χ4v) is 8.75. The summed E-state index contributed by atoms with van der Waals surface area (Å²) in [4.78, 5) is 13.9. The van der Waals surface area contributed by atoms with Gasteiger partial charge in [0.15, 0.2) is 0 Å². The van der Waals surface area contributed by atoms with Gasteiger partial charge in [0.25, 0.3) is 0 Å². The van der Waals surface area contributed by atoms with E-state index in [2.05, 4.69) is 20.8 Å². The molecule has 4 aliphatic rings. The fourth-order valence-electron chi connectivity index (χ4n) is 8.75. The van der Waals surface area contributed by atoms with Gasteiger partial charge in [-0.2, -0.15) is 0 Å². The van der Waals surface area contributed by atoms with E-state index in [1.165, 1.54) is 25.7 Å². The molecule has 28 heavy (non-hydrogen) atoms. The molecule has 4 fully saturated rings. The van der Waals surface area contributed by atoms with Gasteiger partial charge in [-0.05, 0) is 99.3 Å². The van der Waals surface area contributed by atoms with E-state index in [-0.39, 0.29) is 23.4 Å². The summed E-state index contributed by atoms with van der Waals surface area (Å²) < 4.78 is 0. The van der Waals surface area contributed by atoms with Crippen molar-refractivity contribution in [1.82, 2.24) is 0 Å². The van der Waals surface area contributed by atoms with Crippen molar-refractivity contribution < 1.29 is 9.90 Å². The van der Waals surface area contributed by atoms with Crippen LogP contribution in [0, 0.1) is 40.4 Å². The summed E-state index contributed by atoms with van der Waals surface area (Å²) in [5, 5.41) is 10.4. The van der Waals surface area contributed by atoms with Gasteiger partial charge in [-0.25, -0.2) is 0 Å². The molecular weight excluding hydrogens is 348 g/mol. The van der Waals surface area contributed by atoms with Gasteiger partial charge < -0.3 is 16.6 Å². The molecule has 0 aromatic heterocycles. The third kappa shape index (κ3) is 2.63. The molecule has 0 aromatic carbocycles. The number of carbonyl (C=O) groups excluding carboxylic acids is 1. The third-order valence-electron chi connectivity index (χ3n) is 10.4. The number of rotatable bonds is 4. The maximum atomic E-state index is 13.9. The van der Waals surface area contributed by atoms with Gasteiger partial charge in [-0.1, -0.05) is 20.8 Å². The van der Waals surface area contributed by atoms with Crippen LogP contribution in [0.15, 0.2) is 0 Å². The quantitative estimate of drug-likeness (QED) is 0.683. The second-order valence-corrected chi connectivity index (χ2v) is 11.2. The number of hydrogen-bond donors (Lipinski definition) is 3. The van der Waals surface area contributed by atoms with Gasteiger partial charge in [0.1, 0.15) is 5.78 Å². The monoisotopic (exact) mass is 390 g/mol. The Labute approximate surface area is 171 Å². The Hall–Kier alpha value is -0.450. The highest BCUT2D eigenvalue weighted by Gasteiger charge is 2.68. The van der Waals surface area contributed by atoms with Gasteiger partial charge in [0, 0.05) is 17.4 Å². The maximum absolute atomic E-state index is 13.9. The smallest absolute Gasteiger partial charge is 0.141 e. The van der Waals surface area contributed by atoms with E-state index in [4.69, 9.17) is 11.5 Å². The number of carbonyl (C=O) groups is 1. The first-order valence-electron chi connectivity index (χ1n) is 11.9. The zero-order chi connectivity index (χ0) is 20.3. The van der Waals surface area contributed by atoms with Crippen LogP contribution in [0.4, 0.5) is 0 Å². The van der Waals surface area contributed by atoms with Gasteiger partial charge in [-0.3, -0.25) is 4.79 Å². The molecule has 0 bridgehead atoms. The number of aliphatic hydroxyl groups is 1. The summed E-state index contributed by atoms with van der Waals surface area (Å²) >= 11 is 0. The van der Waals surface area contributed by atoms with E-state index in [1.807, 2.05) is 0 Å². The molecule has 4 nitrogen and oxygen atoms in total. The highest BCUT2D eigenvalue weighted by molar-refractivity contribution is 5.87. The summed E-state index contributed by atoms with van der Waals surface area (Å²) in [6, 6.07) is 0. The molecule has 6 unspecified atom stereocenters. The van der Waals surface area contributed by atoms with Crippen LogP contribution in [-0.4, -0.2) is 29.1 Å². The second-order valence-electron chi connectivity index (χ2n) is 11.2. The minimum Gasteiger partial charge on any atom is -0.393 e. The molecule has 9 atom stereocenters. The van der Waals surface area contributed by atoms with E-state index >= 15 is 0 Å². The van der Waals surface area contributed by atoms with Gasteiger partial charge >= 0.3 is 0 Å². The highest BCUT2D eigenvalue weighted by Crippen LogP contribution is 2.68. The van der Waals surface area contributed by atoms with Crippen LogP contribution in [0.5, 0.6) is 0 Å². The van der Waals surface area contributed by atoms with Crippen molar-refractivity contribution in [2.75, 3.05) is 6.54 Å². The molecule has 4 aliphatic carbocycles. The molecule has 160 valence electrons. The Morgan fingerprint density at radius 1 is 1.11 bits per heavy atom. The largest absolute Gasteiger partial charge is 0.393 e. The van der Waals surface area contributed by atoms with Crippen LogP contribution in [0.1, 0.15) is 85.0 Å². The van der Waals surface area contributed by atoms with Crippen molar-refractivity contribution in [2.45, 2.75) is 96.6 Å². The Balaban J connectivity index is 1.71. The minimum absolute atomic E-state index is 0.0256. The van der Waals surface area contributed by atoms with Crippen LogP contribution in [0.25, 0.3) is 0 Å². The number of nitrogens with two attached hydrogens (primary N) is 2. The molecule has 4 rings (SSSR count). The lowest BCUT2D eigenvalue weighted by atomic mass is 9.39. The van der Waals surface area contributed by atoms with Crippen LogP contribution < -0.4 is 11.5 Å². The number of hydrogen-bond acceptors (Lipinski definition) is 4. The predicted molar refractivity (Wildman–Crippen MR) is 112 cm³/mol. The zero-order valence-corrected chi connectivity index (χ0v) is 18.3. The molecule has 0 aliphatic heterocycles. The molecular formula is C24H42N2O2. The van der Waals surface area contributed by atoms with E-state index in [0.29, 0.717) is 29.5 Å². The average Bonchev–Trinajstić information content (AvgIpc) is 2.98. The zero-order valence-electron chi connectivity index (χ0n) is 18.3. The van der Waals surface area contributed by atoms with Gasteiger partial charge in [0.05, 0.1) is 6.10 Å². The van der Waals surface area contributed by atoms with E-state index in [9.17, 15) is 9.90 Å². The lowest BCUT2D eigenvalue weighted by Crippen LogP contribution is -2.73. The molecule has 0 heterocycles. The third-order valence-corrected chi connectivity index (χ3v) is 10.4. The van der Waals surface area contributed by atoms with Crippen molar-refractivity contribution >= 4 is 5.78 Å². The molecule has 0 aromatic rings. The number of ketones is 1. The number of fused-ring (bicyclic) bond motifs is 5. The summed E-state index contributed by atoms with van der Waals surface area (Å²) in [6.45, 7) is 7.75. The lowest BCUT2D eigenvalue weighted by Gasteiger charge is -2.66. The molecule has 5 N–H and O–H groups in total.